The first kappa shape index (κ1) is 42.4. The first-order valence-corrected chi connectivity index (χ1v) is 22.3. The molecule has 0 N–H and O–H groups in total. The van der Waals surface area contributed by atoms with Crippen molar-refractivity contribution in [1.82, 2.24) is 0 Å². The van der Waals surface area contributed by atoms with Gasteiger partial charge in [0.05, 0.1) is 33.0 Å². The largest absolute Gasteiger partial charge is 0.489 e. The molecule has 1 heterocycles. The molecule has 1 saturated heterocycles. The maximum Gasteiger partial charge on any atom is 0.126 e. The van der Waals surface area contributed by atoms with E-state index in [0.29, 0.717) is 33.0 Å². The van der Waals surface area contributed by atoms with Crippen LogP contribution in [0.15, 0.2) is 182 Å². The van der Waals surface area contributed by atoms with Crippen molar-refractivity contribution >= 4 is 0 Å². The fraction of sp³-hybridized carbons (Fsp3) is 0.263. The maximum atomic E-state index is 7.48. The maximum absolute atomic E-state index is 7.48. The standard InChI is InChI=1S/C57H56O6/c1-41-49(33-47-27-28-48-29-30-50(48)34-47)31-32-51(59-36-43-19-9-3-10-20-43)53(41)55-57(62-39-46-25-15-6-16-26-46)56(61-38-45-23-13-5-14-24-45)54(60-37-44-21-11-4-12-22-44)52(63-55)40-58-35-42-17-7-2-8-18-42/h2-28,31-32,34,52,54-57H,29-30,33,35-40H2,1H3/t52-,54-,55+,56+,57+/m1/s1. The van der Waals surface area contributed by atoms with Gasteiger partial charge in [-0.15, -0.1) is 0 Å². The summed E-state index contributed by atoms with van der Waals surface area (Å²) in [4.78, 5) is 0. The second kappa shape index (κ2) is 21.0. The summed E-state index contributed by atoms with van der Waals surface area (Å²) in [6, 6.07) is 62.7. The lowest BCUT2D eigenvalue weighted by Crippen LogP contribution is -2.58. The first-order chi connectivity index (χ1) is 31.1. The highest BCUT2D eigenvalue weighted by atomic mass is 16.6. The average Bonchev–Trinajstić information content (AvgIpc) is 3.32. The van der Waals surface area contributed by atoms with Crippen molar-refractivity contribution in [2.24, 2.45) is 0 Å². The molecule has 0 amide bonds. The Kier molecular flexibility index (Phi) is 14.2. The Morgan fingerprint density at radius 1 is 0.460 bits per heavy atom. The van der Waals surface area contributed by atoms with E-state index in [-0.39, 0.29) is 6.61 Å². The van der Waals surface area contributed by atoms with Crippen LogP contribution in [-0.4, -0.2) is 31.0 Å². The highest BCUT2D eigenvalue weighted by molar-refractivity contribution is 5.49. The first-order valence-electron chi connectivity index (χ1n) is 22.3. The van der Waals surface area contributed by atoms with Crippen LogP contribution in [0, 0.1) is 6.92 Å². The topological polar surface area (TPSA) is 55.4 Å². The minimum Gasteiger partial charge on any atom is -0.489 e. The van der Waals surface area contributed by atoms with Crippen molar-refractivity contribution < 1.29 is 28.4 Å². The van der Waals surface area contributed by atoms with Crippen LogP contribution in [0.5, 0.6) is 5.75 Å². The van der Waals surface area contributed by atoms with Gasteiger partial charge in [0.25, 0.3) is 0 Å². The normalized spacial score (nSPS) is 19.2. The van der Waals surface area contributed by atoms with Gasteiger partial charge in [-0.05, 0) is 87.9 Å². The summed E-state index contributed by atoms with van der Waals surface area (Å²) in [6.45, 7) is 4.40. The van der Waals surface area contributed by atoms with E-state index in [2.05, 4.69) is 97.9 Å². The Labute approximate surface area is 372 Å². The third-order valence-electron chi connectivity index (χ3n) is 12.3. The molecule has 0 bridgehead atoms. The SMILES string of the molecule is Cc1c(Cc2ccc3c(c2)CC3)ccc(OCc2ccccc2)c1[C@@H]1O[C@H](COCc2ccccc2)[C@@H](OCc2ccccc2)[C@H](OCc2ccccc2)[C@H]1OCc1ccccc1. The second-order valence-corrected chi connectivity index (χ2v) is 16.7. The van der Waals surface area contributed by atoms with E-state index in [1.165, 1.54) is 22.3 Å². The molecule has 9 rings (SSSR count). The number of rotatable bonds is 19. The predicted molar refractivity (Wildman–Crippen MR) is 247 cm³/mol. The van der Waals surface area contributed by atoms with Crippen LogP contribution < -0.4 is 4.74 Å². The number of hydrogen-bond donors (Lipinski definition) is 0. The molecule has 5 atom stereocenters. The molecule has 0 radical (unpaired) electrons. The van der Waals surface area contributed by atoms with E-state index in [1.54, 1.807) is 0 Å². The van der Waals surface area contributed by atoms with Crippen molar-refractivity contribution in [3.05, 3.63) is 243 Å². The molecule has 7 aromatic rings. The van der Waals surface area contributed by atoms with E-state index in [1.807, 2.05) is 91.0 Å². The van der Waals surface area contributed by atoms with Crippen LogP contribution in [-0.2, 0) is 76.0 Å². The smallest absolute Gasteiger partial charge is 0.126 e. The number of hydrogen-bond acceptors (Lipinski definition) is 6. The van der Waals surface area contributed by atoms with Crippen molar-refractivity contribution in [2.75, 3.05) is 6.61 Å². The molecule has 63 heavy (non-hydrogen) atoms. The Morgan fingerprint density at radius 3 is 1.48 bits per heavy atom. The number of ether oxygens (including phenoxy) is 6. The molecular weight excluding hydrogens is 781 g/mol. The summed E-state index contributed by atoms with van der Waals surface area (Å²) in [5, 5.41) is 0. The number of aryl methyl sites for hydroxylation is 2. The lowest BCUT2D eigenvalue weighted by Gasteiger charge is -2.47. The fourth-order valence-electron chi connectivity index (χ4n) is 8.76. The molecule has 1 fully saturated rings. The van der Waals surface area contributed by atoms with Gasteiger partial charge in [-0.25, -0.2) is 0 Å². The predicted octanol–water partition coefficient (Wildman–Crippen LogP) is 11.7. The molecule has 0 aromatic heterocycles. The van der Waals surface area contributed by atoms with Gasteiger partial charge in [-0.2, -0.15) is 0 Å². The van der Waals surface area contributed by atoms with Crippen molar-refractivity contribution in [3.8, 4) is 5.75 Å². The van der Waals surface area contributed by atoms with Crippen LogP contribution in [0.2, 0.25) is 0 Å². The molecule has 6 heteroatoms. The molecule has 7 aromatic carbocycles. The van der Waals surface area contributed by atoms with Crippen LogP contribution >= 0.6 is 0 Å². The zero-order valence-electron chi connectivity index (χ0n) is 36.0. The average molecular weight is 837 g/mol. The fourth-order valence-corrected chi connectivity index (χ4v) is 8.76. The van der Waals surface area contributed by atoms with Crippen LogP contribution in [0.25, 0.3) is 0 Å². The summed E-state index contributed by atoms with van der Waals surface area (Å²) in [7, 11) is 0. The highest BCUT2D eigenvalue weighted by Gasteiger charge is 2.50. The van der Waals surface area contributed by atoms with Crippen LogP contribution in [0.1, 0.15) is 67.3 Å². The quantitative estimate of drug-likeness (QED) is 0.0809. The van der Waals surface area contributed by atoms with Gasteiger partial charge in [-0.1, -0.05) is 176 Å². The molecule has 0 saturated carbocycles. The number of fused-ring (bicyclic) bond motifs is 1. The monoisotopic (exact) mass is 836 g/mol. The third-order valence-corrected chi connectivity index (χ3v) is 12.3. The van der Waals surface area contributed by atoms with Gasteiger partial charge < -0.3 is 28.4 Å². The molecule has 1 aliphatic heterocycles. The van der Waals surface area contributed by atoms with Crippen LogP contribution in [0.4, 0.5) is 0 Å². The zero-order chi connectivity index (χ0) is 42.6. The Hall–Kier alpha value is -5.86. The van der Waals surface area contributed by atoms with Gasteiger partial charge >= 0.3 is 0 Å². The molecule has 6 nitrogen and oxygen atoms in total. The molecule has 1 aliphatic carbocycles. The summed E-state index contributed by atoms with van der Waals surface area (Å²) >= 11 is 0. The van der Waals surface area contributed by atoms with Gasteiger partial charge in [0.15, 0.2) is 0 Å². The van der Waals surface area contributed by atoms with E-state index >= 15 is 0 Å². The highest BCUT2D eigenvalue weighted by Crippen LogP contribution is 2.44. The van der Waals surface area contributed by atoms with Gasteiger partial charge in [0.1, 0.15) is 42.9 Å². The third kappa shape index (κ3) is 10.9. The molecule has 0 unspecified atom stereocenters. The zero-order valence-corrected chi connectivity index (χ0v) is 36.0. The van der Waals surface area contributed by atoms with E-state index in [0.717, 1.165) is 64.0 Å². The minimum atomic E-state index is -0.612. The summed E-state index contributed by atoms with van der Waals surface area (Å²) < 4.78 is 42.2. The minimum absolute atomic E-state index is 0.273. The molecule has 320 valence electrons. The van der Waals surface area contributed by atoms with Gasteiger partial charge in [0, 0.05) is 5.56 Å². The Morgan fingerprint density at radius 2 is 0.952 bits per heavy atom. The molecular formula is C57H56O6. The Bertz CT molecular complexity index is 2480. The summed E-state index contributed by atoms with van der Waals surface area (Å²) in [5.74, 6) is 0.755. The van der Waals surface area contributed by atoms with E-state index in [4.69, 9.17) is 28.4 Å². The van der Waals surface area contributed by atoms with Crippen molar-refractivity contribution in [1.29, 1.82) is 0 Å². The van der Waals surface area contributed by atoms with E-state index < -0.39 is 30.5 Å². The van der Waals surface area contributed by atoms with Gasteiger partial charge in [0.2, 0.25) is 0 Å². The Balaban J connectivity index is 1.14. The van der Waals surface area contributed by atoms with Gasteiger partial charge in [-0.3, -0.25) is 0 Å². The molecule has 2 aliphatic rings. The van der Waals surface area contributed by atoms with Crippen molar-refractivity contribution in [2.45, 2.75) is 89.7 Å². The van der Waals surface area contributed by atoms with Crippen molar-refractivity contribution in [3.63, 3.8) is 0 Å². The lowest BCUT2D eigenvalue weighted by molar-refractivity contribution is -0.275. The number of benzene rings is 7. The molecule has 0 spiro atoms. The van der Waals surface area contributed by atoms with Crippen LogP contribution in [0.3, 0.4) is 0 Å². The van der Waals surface area contributed by atoms with E-state index in [9.17, 15) is 0 Å². The summed E-state index contributed by atoms with van der Waals surface area (Å²) in [5.41, 5.74) is 12.8. The summed E-state index contributed by atoms with van der Waals surface area (Å²) in [6.07, 6.45) is 0.215. The lowest BCUT2D eigenvalue weighted by atomic mass is 9.84. The second-order valence-electron chi connectivity index (χ2n) is 16.7.